The van der Waals surface area contributed by atoms with Crippen molar-refractivity contribution in [3.05, 3.63) is 59.4 Å². The number of hydrogen-bond donors (Lipinski definition) is 1. The Kier molecular flexibility index (Phi) is 3.74. The average molecular weight is 283 g/mol. The van der Waals surface area contributed by atoms with Gasteiger partial charge in [0.1, 0.15) is 5.82 Å². The van der Waals surface area contributed by atoms with E-state index in [0.29, 0.717) is 23.6 Å². The fraction of sp³-hybridized carbons (Fsp3) is 0.0714. The summed E-state index contributed by atoms with van der Waals surface area (Å²) in [6.45, 7) is 0. The zero-order chi connectivity index (χ0) is 14.8. The van der Waals surface area contributed by atoms with E-state index in [4.69, 9.17) is 0 Å². The summed E-state index contributed by atoms with van der Waals surface area (Å²) in [6.07, 6.45) is -4.19. The molecular formula is C14H9F4NO. The first-order valence-corrected chi connectivity index (χ1v) is 5.60. The van der Waals surface area contributed by atoms with E-state index in [0.717, 1.165) is 6.07 Å². The highest BCUT2D eigenvalue weighted by Crippen LogP contribution is 2.33. The molecule has 0 bridgehead atoms. The van der Waals surface area contributed by atoms with Crippen LogP contribution in [0.2, 0.25) is 0 Å². The molecule has 2 aromatic carbocycles. The second-order valence-electron chi connectivity index (χ2n) is 4.02. The first-order chi connectivity index (χ1) is 9.41. The monoisotopic (exact) mass is 283 g/mol. The molecule has 0 aliphatic carbocycles. The molecule has 0 heterocycles. The predicted octanol–water partition coefficient (Wildman–Crippen LogP) is 4.40. The number of aldehydes is 1. The molecule has 0 aliphatic rings. The highest BCUT2D eigenvalue weighted by molar-refractivity contribution is 5.85. The van der Waals surface area contributed by atoms with Crippen LogP contribution in [-0.4, -0.2) is 6.29 Å². The molecule has 6 heteroatoms. The molecule has 0 aromatic heterocycles. The Labute approximate surface area is 112 Å². The van der Waals surface area contributed by atoms with E-state index in [1.165, 1.54) is 12.1 Å². The summed E-state index contributed by atoms with van der Waals surface area (Å²) in [5.41, 5.74) is -0.660. The average Bonchev–Trinajstić information content (AvgIpc) is 2.40. The molecule has 1 N–H and O–H groups in total. The Morgan fingerprint density at radius 1 is 1.05 bits per heavy atom. The van der Waals surface area contributed by atoms with Gasteiger partial charge in [0.25, 0.3) is 0 Å². The molecule has 104 valence electrons. The second kappa shape index (κ2) is 5.32. The van der Waals surface area contributed by atoms with Crippen molar-refractivity contribution in [1.29, 1.82) is 0 Å². The van der Waals surface area contributed by atoms with Crippen molar-refractivity contribution in [2.24, 2.45) is 0 Å². The molecule has 20 heavy (non-hydrogen) atoms. The van der Waals surface area contributed by atoms with Crippen LogP contribution < -0.4 is 5.32 Å². The molecule has 0 amide bonds. The van der Waals surface area contributed by atoms with E-state index in [1.807, 2.05) is 0 Å². The quantitative estimate of drug-likeness (QED) is 0.668. The third-order valence-corrected chi connectivity index (χ3v) is 2.64. The van der Waals surface area contributed by atoms with Crippen LogP contribution in [0.5, 0.6) is 0 Å². The summed E-state index contributed by atoms with van der Waals surface area (Å²) in [4.78, 5) is 10.8. The minimum Gasteiger partial charge on any atom is -0.355 e. The van der Waals surface area contributed by atoms with Crippen LogP contribution in [0.4, 0.5) is 28.9 Å². The van der Waals surface area contributed by atoms with Crippen molar-refractivity contribution in [3.8, 4) is 0 Å². The van der Waals surface area contributed by atoms with Gasteiger partial charge in [-0.25, -0.2) is 4.39 Å². The maximum Gasteiger partial charge on any atom is 0.419 e. The van der Waals surface area contributed by atoms with Crippen molar-refractivity contribution in [2.45, 2.75) is 6.18 Å². The summed E-state index contributed by atoms with van der Waals surface area (Å²) in [7, 11) is 0. The lowest BCUT2D eigenvalue weighted by Crippen LogP contribution is -2.08. The van der Waals surface area contributed by atoms with E-state index in [1.54, 1.807) is 18.2 Å². The second-order valence-corrected chi connectivity index (χ2v) is 4.02. The fourth-order valence-corrected chi connectivity index (χ4v) is 1.69. The Morgan fingerprint density at radius 3 is 2.40 bits per heavy atom. The Bertz CT molecular complexity index is 637. The van der Waals surface area contributed by atoms with Crippen molar-refractivity contribution >= 4 is 17.7 Å². The minimum absolute atomic E-state index is 0.0491. The standard InChI is InChI=1S/C14H9F4NO/c15-12-6-5-10(7-11(12)14(16,17)18)19-13-4-2-1-3-9(13)8-20/h1-8,19H. The molecule has 0 saturated carbocycles. The van der Waals surface area contributed by atoms with Crippen LogP contribution in [0.1, 0.15) is 15.9 Å². The molecule has 0 atom stereocenters. The topological polar surface area (TPSA) is 29.1 Å². The number of anilines is 2. The number of para-hydroxylation sites is 1. The normalized spacial score (nSPS) is 11.2. The van der Waals surface area contributed by atoms with E-state index >= 15 is 0 Å². The molecule has 2 rings (SSSR count). The number of nitrogens with one attached hydrogen (secondary N) is 1. The van der Waals surface area contributed by atoms with Gasteiger partial charge < -0.3 is 5.32 Å². The van der Waals surface area contributed by atoms with Gasteiger partial charge in [-0.3, -0.25) is 4.79 Å². The summed E-state index contributed by atoms with van der Waals surface area (Å²) >= 11 is 0. The zero-order valence-electron chi connectivity index (χ0n) is 10.0. The third-order valence-electron chi connectivity index (χ3n) is 2.64. The molecule has 0 fully saturated rings. The van der Waals surface area contributed by atoms with Gasteiger partial charge in [-0.1, -0.05) is 12.1 Å². The smallest absolute Gasteiger partial charge is 0.355 e. The third kappa shape index (κ3) is 2.96. The lowest BCUT2D eigenvalue weighted by Gasteiger charge is -2.12. The number of benzene rings is 2. The van der Waals surface area contributed by atoms with Crippen LogP contribution in [-0.2, 0) is 6.18 Å². The molecule has 2 nitrogen and oxygen atoms in total. The number of rotatable bonds is 3. The molecule has 0 aliphatic heterocycles. The first-order valence-electron chi connectivity index (χ1n) is 5.60. The van der Waals surface area contributed by atoms with Crippen LogP contribution in [0.15, 0.2) is 42.5 Å². The van der Waals surface area contributed by atoms with Gasteiger partial charge in [0.05, 0.1) is 5.56 Å². The fourth-order valence-electron chi connectivity index (χ4n) is 1.69. The summed E-state index contributed by atoms with van der Waals surface area (Å²) in [6, 6.07) is 8.88. The lowest BCUT2D eigenvalue weighted by atomic mass is 10.1. The SMILES string of the molecule is O=Cc1ccccc1Nc1ccc(F)c(C(F)(F)F)c1. The molecule has 0 unspecified atom stereocenters. The highest BCUT2D eigenvalue weighted by Gasteiger charge is 2.34. The number of carbonyl (C=O) groups is 1. The first kappa shape index (κ1) is 14.0. The summed E-state index contributed by atoms with van der Waals surface area (Å²) in [5, 5.41) is 2.67. The Hall–Kier alpha value is -2.37. The van der Waals surface area contributed by atoms with Gasteiger partial charge in [-0.2, -0.15) is 13.2 Å². The number of alkyl halides is 3. The van der Waals surface area contributed by atoms with Gasteiger partial charge >= 0.3 is 6.18 Å². The Balaban J connectivity index is 2.38. The molecule has 0 spiro atoms. The van der Waals surface area contributed by atoms with E-state index in [9.17, 15) is 22.4 Å². The van der Waals surface area contributed by atoms with Gasteiger partial charge in [0.2, 0.25) is 0 Å². The van der Waals surface area contributed by atoms with Gasteiger partial charge in [0.15, 0.2) is 6.29 Å². The molecule has 2 aromatic rings. The maximum atomic E-state index is 13.1. The van der Waals surface area contributed by atoms with Crippen LogP contribution in [0, 0.1) is 5.82 Å². The van der Waals surface area contributed by atoms with Crippen LogP contribution in [0.25, 0.3) is 0 Å². The largest absolute Gasteiger partial charge is 0.419 e. The van der Waals surface area contributed by atoms with Crippen molar-refractivity contribution < 1.29 is 22.4 Å². The molecule has 0 saturated heterocycles. The highest BCUT2D eigenvalue weighted by atomic mass is 19.4. The Morgan fingerprint density at radius 2 is 1.75 bits per heavy atom. The minimum atomic E-state index is -4.77. The van der Waals surface area contributed by atoms with Crippen molar-refractivity contribution in [1.82, 2.24) is 0 Å². The van der Waals surface area contributed by atoms with Crippen LogP contribution >= 0.6 is 0 Å². The maximum absolute atomic E-state index is 13.1. The van der Waals surface area contributed by atoms with Crippen molar-refractivity contribution in [2.75, 3.05) is 5.32 Å². The van der Waals surface area contributed by atoms with Gasteiger partial charge in [0, 0.05) is 16.9 Å². The number of carbonyl (C=O) groups excluding carboxylic acids is 1. The summed E-state index contributed by atoms with van der Waals surface area (Å²) < 4.78 is 50.9. The summed E-state index contributed by atoms with van der Waals surface area (Å²) in [5.74, 6) is -1.34. The lowest BCUT2D eigenvalue weighted by molar-refractivity contribution is -0.139. The van der Waals surface area contributed by atoms with E-state index in [2.05, 4.69) is 5.32 Å². The van der Waals surface area contributed by atoms with E-state index < -0.39 is 17.6 Å². The number of halogens is 4. The van der Waals surface area contributed by atoms with Gasteiger partial charge in [-0.15, -0.1) is 0 Å². The van der Waals surface area contributed by atoms with Crippen molar-refractivity contribution in [3.63, 3.8) is 0 Å². The number of hydrogen-bond acceptors (Lipinski definition) is 2. The predicted molar refractivity (Wildman–Crippen MR) is 66.5 cm³/mol. The van der Waals surface area contributed by atoms with E-state index in [-0.39, 0.29) is 5.69 Å². The molecular weight excluding hydrogens is 274 g/mol. The molecule has 0 radical (unpaired) electrons. The van der Waals surface area contributed by atoms with Crippen LogP contribution in [0.3, 0.4) is 0 Å². The zero-order valence-corrected chi connectivity index (χ0v) is 10.0. The van der Waals surface area contributed by atoms with Gasteiger partial charge in [-0.05, 0) is 30.3 Å².